The van der Waals surface area contributed by atoms with Gasteiger partial charge in [-0.25, -0.2) is 4.68 Å². The van der Waals surface area contributed by atoms with E-state index >= 15 is 0 Å². The summed E-state index contributed by atoms with van der Waals surface area (Å²) < 4.78 is 7.45. The Morgan fingerprint density at radius 3 is 2.26 bits per heavy atom. The van der Waals surface area contributed by atoms with Gasteiger partial charge in [0.1, 0.15) is 11.6 Å². The Morgan fingerprint density at radius 1 is 1.00 bits per heavy atom. The highest BCUT2D eigenvalue weighted by Crippen LogP contribution is 2.26. The van der Waals surface area contributed by atoms with Crippen molar-refractivity contribution in [2.24, 2.45) is 5.92 Å². The zero-order chi connectivity index (χ0) is 24.8. The molecule has 1 aliphatic heterocycles. The second-order valence-electron chi connectivity index (χ2n) is 10.1. The SMILES string of the molecule is CC(C)(C)c1cc(NC(=O)C2CCN(C(=O)COc3ccccc3)CC2)n(Cc2ccccc2)n1. The minimum Gasteiger partial charge on any atom is -0.484 e. The van der Waals surface area contributed by atoms with Crippen molar-refractivity contribution in [3.05, 3.63) is 78.0 Å². The van der Waals surface area contributed by atoms with Gasteiger partial charge in [0.05, 0.1) is 12.2 Å². The molecule has 7 nitrogen and oxygen atoms in total. The Balaban J connectivity index is 1.35. The molecule has 1 saturated heterocycles. The van der Waals surface area contributed by atoms with E-state index in [1.807, 2.05) is 59.3 Å². The van der Waals surface area contributed by atoms with Crippen LogP contribution >= 0.6 is 0 Å². The van der Waals surface area contributed by atoms with Crippen LogP contribution in [0.1, 0.15) is 44.9 Å². The summed E-state index contributed by atoms with van der Waals surface area (Å²) in [7, 11) is 0. The highest BCUT2D eigenvalue weighted by atomic mass is 16.5. The molecule has 0 aliphatic carbocycles. The Kier molecular flexibility index (Phi) is 7.54. The van der Waals surface area contributed by atoms with E-state index in [1.54, 1.807) is 4.90 Å². The van der Waals surface area contributed by atoms with Crippen LogP contribution in [0.3, 0.4) is 0 Å². The standard InChI is InChI=1S/C28H34N4O3/c1-28(2,3)24-18-25(32(30-24)19-21-10-6-4-7-11-21)29-27(34)22-14-16-31(17-15-22)26(33)20-35-23-12-8-5-9-13-23/h4-13,18,22H,14-17,19-20H2,1-3H3,(H,29,34). The van der Waals surface area contributed by atoms with E-state index in [1.165, 1.54) is 0 Å². The monoisotopic (exact) mass is 474 g/mol. The maximum atomic E-state index is 13.1. The van der Waals surface area contributed by atoms with Gasteiger partial charge in [-0.2, -0.15) is 5.10 Å². The van der Waals surface area contributed by atoms with E-state index < -0.39 is 0 Å². The average Bonchev–Trinajstić information content (AvgIpc) is 3.26. The number of benzene rings is 2. The van der Waals surface area contributed by atoms with E-state index in [9.17, 15) is 9.59 Å². The van der Waals surface area contributed by atoms with Gasteiger partial charge in [-0.3, -0.25) is 9.59 Å². The number of carbonyl (C=O) groups is 2. The lowest BCUT2D eigenvalue weighted by Gasteiger charge is -2.31. The van der Waals surface area contributed by atoms with Gasteiger partial charge < -0.3 is 15.0 Å². The molecule has 0 radical (unpaired) electrons. The first kappa shape index (κ1) is 24.5. The van der Waals surface area contributed by atoms with Gasteiger partial charge in [-0.15, -0.1) is 0 Å². The summed E-state index contributed by atoms with van der Waals surface area (Å²) in [5.74, 6) is 1.17. The number of nitrogens with one attached hydrogen (secondary N) is 1. The van der Waals surface area contributed by atoms with Crippen molar-refractivity contribution in [3.63, 3.8) is 0 Å². The predicted molar refractivity (Wildman–Crippen MR) is 136 cm³/mol. The van der Waals surface area contributed by atoms with E-state index in [-0.39, 0.29) is 29.8 Å². The van der Waals surface area contributed by atoms with E-state index in [0.717, 1.165) is 11.3 Å². The number of likely N-dealkylation sites (tertiary alicyclic amines) is 1. The maximum Gasteiger partial charge on any atom is 0.260 e. The molecule has 35 heavy (non-hydrogen) atoms. The summed E-state index contributed by atoms with van der Waals surface area (Å²) in [6.45, 7) is 8.03. The summed E-state index contributed by atoms with van der Waals surface area (Å²) in [6, 6.07) is 21.4. The molecule has 0 atom stereocenters. The summed E-state index contributed by atoms with van der Waals surface area (Å²) >= 11 is 0. The van der Waals surface area contributed by atoms with Crippen molar-refractivity contribution >= 4 is 17.6 Å². The molecule has 7 heteroatoms. The Labute approximate surface area is 207 Å². The van der Waals surface area contributed by atoms with Gasteiger partial charge in [0.15, 0.2) is 6.61 Å². The molecule has 184 valence electrons. The average molecular weight is 475 g/mol. The van der Waals surface area contributed by atoms with Crippen LogP contribution < -0.4 is 10.1 Å². The summed E-state index contributed by atoms with van der Waals surface area (Å²) in [5.41, 5.74) is 1.92. The molecule has 0 saturated carbocycles. The van der Waals surface area contributed by atoms with E-state index in [0.29, 0.717) is 44.0 Å². The third-order valence-corrected chi connectivity index (χ3v) is 6.30. The molecule has 1 N–H and O–H groups in total. The number of carbonyl (C=O) groups excluding carboxylic acids is 2. The van der Waals surface area contributed by atoms with Gasteiger partial charge in [0.25, 0.3) is 5.91 Å². The van der Waals surface area contributed by atoms with Gasteiger partial charge >= 0.3 is 0 Å². The van der Waals surface area contributed by atoms with Crippen LogP contribution in [-0.2, 0) is 21.5 Å². The number of aromatic nitrogens is 2. The molecule has 0 spiro atoms. The van der Waals surface area contributed by atoms with Crippen molar-refractivity contribution in [1.29, 1.82) is 0 Å². The molecule has 2 heterocycles. The Bertz CT molecular complexity index is 1130. The molecule has 1 aromatic heterocycles. The first-order valence-electron chi connectivity index (χ1n) is 12.2. The largest absolute Gasteiger partial charge is 0.484 e. The van der Waals surface area contributed by atoms with Crippen LogP contribution in [0.5, 0.6) is 5.75 Å². The second kappa shape index (κ2) is 10.8. The number of anilines is 1. The molecule has 1 fully saturated rings. The van der Waals surface area contributed by atoms with Crippen molar-refractivity contribution in [3.8, 4) is 5.75 Å². The lowest BCUT2D eigenvalue weighted by Crippen LogP contribution is -2.43. The van der Waals surface area contributed by atoms with Crippen molar-refractivity contribution in [2.75, 3.05) is 25.0 Å². The van der Waals surface area contributed by atoms with Crippen LogP contribution in [0, 0.1) is 5.92 Å². The predicted octanol–water partition coefficient (Wildman–Crippen LogP) is 4.49. The summed E-state index contributed by atoms with van der Waals surface area (Å²) in [6.07, 6.45) is 1.25. The number of hydrogen-bond donors (Lipinski definition) is 1. The maximum absolute atomic E-state index is 13.1. The molecule has 4 rings (SSSR count). The minimum atomic E-state index is -0.146. The zero-order valence-electron chi connectivity index (χ0n) is 20.7. The molecule has 2 amide bonds. The molecule has 0 bridgehead atoms. The van der Waals surface area contributed by atoms with Crippen LogP contribution in [0.25, 0.3) is 0 Å². The van der Waals surface area contributed by atoms with Crippen molar-refractivity contribution in [1.82, 2.24) is 14.7 Å². The van der Waals surface area contributed by atoms with Crippen LogP contribution in [0.2, 0.25) is 0 Å². The first-order valence-corrected chi connectivity index (χ1v) is 12.2. The normalized spacial score (nSPS) is 14.5. The van der Waals surface area contributed by atoms with Crippen LogP contribution in [0.4, 0.5) is 5.82 Å². The number of ether oxygens (including phenoxy) is 1. The fourth-order valence-corrected chi connectivity index (χ4v) is 4.13. The van der Waals surface area contributed by atoms with Gasteiger partial charge in [0, 0.05) is 30.5 Å². The Morgan fingerprint density at radius 2 is 1.63 bits per heavy atom. The molecular weight excluding hydrogens is 440 g/mol. The molecule has 0 unspecified atom stereocenters. The Hall–Kier alpha value is -3.61. The molecule has 2 aromatic carbocycles. The number of para-hydroxylation sites is 1. The number of piperidine rings is 1. The second-order valence-corrected chi connectivity index (χ2v) is 10.1. The minimum absolute atomic E-state index is 0.00905. The topological polar surface area (TPSA) is 76.5 Å². The fraction of sp³-hybridized carbons (Fsp3) is 0.393. The zero-order valence-corrected chi connectivity index (χ0v) is 20.7. The lowest BCUT2D eigenvalue weighted by atomic mass is 9.92. The van der Waals surface area contributed by atoms with Crippen molar-refractivity contribution < 1.29 is 14.3 Å². The summed E-state index contributed by atoms with van der Waals surface area (Å²) in [5, 5.41) is 7.91. The third-order valence-electron chi connectivity index (χ3n) is 6.30. The highest BCUT2D eigenvalue weighted by Gasteiger charge is 2.29. The third kappa shape index (κ3) is 6.50. The smallest absolute Gasteiger partial charge is 0.260 e. The van der Waals surface area contributed by atoms with Crippen LogP contribution in [-0.4, -0.2) is 46.2 Å². The van der Waals surface area contributed by atoms with Crippen LogP contribution in [0.15, 0.2) is 66.7 Å². The molecule has 1 aliphatic rings. The van der Waals surface area contributed by atoms with E-state index in [4.69, 9.17) is 9.84 Å². The van der Waals surface area contributed by atoms with Gasteiger partial charge in [0.2, 0.25) is 5.91 Å². The number of rotatable bonds is 7. The molecule has 3 aromatic rings. The first-order chi connectivity index (χ1) is 16.8. The number of nitrogens with zero attached hydrogens (tertiary/aromatic N) is 3. The number of amides is 2. The summed E-state index contributed by atoms with van der Waals surface area (Å²) in [4.78, 5) is 27.5. The fourth-order valence-electron chi connectivity index (χ4n) is 4.13. The van der Waals surface area contributed by atoms with Gasteiger partial charge in [-0.1, -0.05) is 69.3 Å². The van der Waals surface area contributed by atoms with Crippen molar-refractivity contribution in [2.45, 2.75) is 45.6 Å². The number of hydrogen-bond acceptors (Lipinski definition) is 4. The molecular formula is C28H34N4O3. The highest BCUT2D eigenvalue weighted by molar-refractivity contribution is 5.92. The van der Waals surface area contributed by atoms with Gasteiger partial charge in [-0.05, 0) is 30.5 Å². The van der Waals surface area contributed by atoms with E-state index in [2.05, 4.69) is 38.2 Å². The lowest BCUT2D eigenvalue weighted by molar-refractivity contribution is -0.136. The quantitative estimate of drug-likeness (QED) is 0.548.